The molecule has 2 aromatic carbocycles. The molecule has 10 heteroatoms. The highest BCUT2D eigenvalue weighted by molar-refractivity contribution is 7.89. The van der Waals surface area contributed by atoms with Crippen molar-refractivity contribution in [3.63, 3.8) is 0 Å². The number of nitrogens with zero attached hydrogens (tertiary/aromatic N) is 1. The lowest BCUT2D eigenvalue weighted by Crippen LogP contribution is -2.35. The molecular weight excluding hydrogens is 427 g/mol. The Kier molecular flexibility index (Phi) is 7.06. The molecule has 0 aliphatic rings. The summed E-state index contributed by atoms with van der Waals surface area (Å²) in [4.78, 5) is 23.8. The number of para-hydroxylation sites is 1. The maximum absolute atomic E-state index is 12.8. The fourth-order valence-corrected chi connectivity index (χ4v) is 4.26. The van der Waals surface area contributed by atoms with Crippen molar-refractivity contribution in [1.82, 2.24) is 4.31 Å². The number of amides is 1. The summed E-state index contributed by atoms with van der Waals surface area (Å²) in [6.07, 6.45) is 0. The summed E-state index contributed by atoms with van der Waals surface area (Å²) in [5.41, 5.74) is 0.789. The molecule has 0 bridgehead atoms. The van der Waals surface area contributed by atoms with Crippen molar-refractivity contribution in [2.45, 2.75) is 11.8 Å². The van der Waals surface area contributed by atoms with Gasteiger partial charge in [-0.2, -0.15) is 4.31 Å². The molecule has 0 radical (unpaired) electrons. The topological polar surface area (TPSA) is 92.8 Å². The summed E-state index contributed by atoms with van der Waals surface area (Å²) in [5, 5.41) is 2.98. The van der Waals surface area contributed by atoms with Crippen LogP contribution in [0.2, 0.25) is 10.0 Å². The molecule has 1 N–H and O–H groups in total. The number of anilines is 1. The Morgan fingerprint density at radius 1 is 1.14 bits per heavy atom. The third kappa shape index (κ3) is 4.82. The molecule has 0 fully saturated rings. The molecule has 2 rings (SSSR count). The maximum Gasteiger partial charge on any atom is 0.337 e. The van der Waals surface area contributed by atoms with E-state index in [4.69, 9.17) is 23.2 Å². The molecule has 1 amide bonds. The Morgan fingerprint density at radius 2 is 1.75 bits per heavy atom. The van der Waals surface area contributed by atoms with Gasteiger partial charge in [0.25, 0.3) is 0 Å². The minimum absolute atomic E-state index is 0.0220. The molecule has 28 heavy (non-hydrogen) atoms. The molecule has 0 aliphatic carbocycles. The van der Waals surface area contributed by atoms with Crippen molar-refractivity contribution in [3.05, 3.63) is 57.6 Å². The van der Waals surface area contributed by atoms with Crippen molar-refractivity contribution in [3.8, 4) is 0 Å². The second-order valence-corrected chi connectivity index (χ2v) is 8.71. The van der Waals surface area contributed by atoms with Crippen molar-refractivity contribution in [2.24, 2.45) is 0 Å². The number of methoxy groups -OCH3 is 1. The number of ether oxygens (including phenoxy) is 1. The van der Waals surface area contributed by atoms with Gasteiger partial charge in [0.1, 0.15) is 0 Å². The van der Waals surface area contributed by atoms with Gasteiger partial charge in [0, 0.05) is 7.05 Å². The molecule has 7 nitrogen and oxygen atoms in total. The number of likely N-dealkylation sites (N-methyl/N-ethyl adjacent to an activating group) is 1. The Balaban J connectivity index is 2.20. The standard InChI is InChI=1S/C18H18Cl2N2O5S/c1-11-9-12(18(24)27-3)7-8-15(11)28(25,26)22(2)10-16(23)21-17-13(19)5-4-6-14(17)20/h4-9H,10H2,1-3H3,(H,21,23). The van der Waals surface area contributed by atoms with Crippen LogP contribution in [-0.4, -0.2) is 45.3 Å². The first-order chi connectivity index (χ1) is 13.1. The molecule has 0 atom stereocenters. The number of benzene rings is 2. The van der Waals surface area contributed by atoms with E-state index in [1.165, 1.54) is 32.4 Å². The van der Waals surface area contributed by atoms with Crippen molar-refractivity contribution in [1.29, 1.82) is 0 Å². The summed E-state index contributed by atoms with van der Waals surface area (Å²) in [6, 6.07) is 8.79. The second kappa shape index (κ2) is 8.91. The van der Waals surface area contributed by atoms with Gasteiger partial charge in [-0.1, -0.05) is 29.3 Å². The van der Waals surface area contributed by atoms with E-state index >= 15 is 0 Å². The lowest BCUT2D eigenvalue weighted by atomic mass is 10.1. The van der Waals surface area contributed by atoms with E-state index in [-0.39, 0.29) is 26.2 Å². The molecule has 150 valence electrons. The van der Waals surface area contributed by atoms with Gasteiger partial charge in [-0.25, -0.2) is 13.2 Å². The lowest BCUT2D eigenvalue weighted by molar-refractivity contribution is -0.116. The molecule has 0 saturated heterocycles. The number of sulfonamides is 1. The number of rotatable bonds is 6. The zero-order valence-electron chi connectivity index (χ0n) is 15.3. The smallest absolute Gasteiger partial charge is 0.337 e. The molecule has 0 unspecified atom stereocenters. The van der Waals surface area contributed by atoms with Crippen molar-refractivity contribution < 1.29 is 22.7 Å². The van der Waals surface area contributed by atoms with Gasteiger partial charge in [-0.15, -0.1) is 0 Å². The number of carbonyl (C=O) groups excluding carboxylic acids is 2. The van der Waals surface area contributed by atoms with Crippen LogP contribution in [0.3, 0.4) is 0 Å². The van der Waals surface area contributed by atoms with Crippen molar-refractivity contribution >= 4 is 50.8 Å². The van der Waals surface area contributed by atoms with Gasteiger partial charge in [0.05, 0.1) is 39.8 Å². The Bertz CT molecular complexity index is 1000. The number of nitrogens with one attached hydrogen (secondary N) is 1. The first kappa shape index (κ1) is 22.2. The van der Waals surface area contributed by atoms with Crippen LogP contribution in [0.4, 0.5) is 5.69 Å². The zero-order valence-corrected chi connectivity index (χ0v) is 17.7. The number of esters is 1. The lowest BCUT2D eigenvalue weighted by Gasteiger charge is -2.19. The zero-order chi connectivity index (χ0) is 21.1. The first-order valence-electron chi connectivity index (χ1n) is 7.97. The minimum atomic E-state index is -3.97. The SMILES string of the molecule is COC(=O)c1ccc(S(=O)(=O)N(C)CC(=O)Nc2c(Cl)cccc2Cl)c(C)c1. The summed E-state index contributed by atoms with van der Waals surface area (Å²) in [7, 11) is -1.46. The van der Waals surface area contributed by atoms with Gasteiger partial charge in [0.15, 0.2) is 0 Å². The average molecular weight is 445 g/mol. The normalized spacial score (nSPS) is 11.4. The van der Waals surface area contributed by atoms with E-state index < -0.39 is 28.4 Å². The minimum Gasteiger partial charge on any atom is -0.465 e. The van der Waals surface area contributed by atoms with E-state index in [2.05, 4.69) is 10.1 Å². The van der Waals surface area contributed by atoms with E-state index in [1.807, 2.05) is 0 Å². The predicted molar refractivity (Wildman–Crippen MR) is 107 cm³/mol. The van der Waals surface area contributed by atoms with E-state index in [0.717, 1.165) is 4.31 Å². The number of hydrogen-bond acceptors (Lipinski definition) is 5. The Morgan fingerprint density at radius 3 is 2.29 bits per heavy atom. The highest BCUT2D eigenvalue weighted by Gasteiger charge is 2.26. The van der Waals surface area contributed by atoms with Crippen molar-refractivity contribution in [2.75, 3.05) is 26.0 Å². The molecule has 0 saturated carbocycles. The van der Waals surface area contributed by atoms with Gasteiger partial charge in [-0.3, -0.25) is 4.79 Å². The first-order valence-corrected chi connectivity index (χ1v) is 10.2. The molecule has 0 aliphatic heterocycles. The van der Waals surface area contributed by atoms with Gasteiger partial charge in [0.2, 0.25) is 15.9 Å². The Hall–Kier alpha value is -2.13. The van der Waals surface area contributed by atoms with Crippen LogP contribution in [0.25, 0.3) is 0 Å². The molecule has 2 aromatic rings. The average Bonchev–Trinajstić information content (AvgIpc) is 2.63. The van der Waals surface area contributed by atoms with E-state index in [0.29, 0.717) is 5.56 Å². The number of hydrogen-bond donors (Lipinski definition) is 1. The molecule has 0 aromatic heterocycles. The third-order valence-electron chi connectivity index (χ3n) is 3.88. The molecular formula is C18H18Cl2N2O5S. The molecule has 0 spiro atoms. The van der Waals surface area contributed by atoms with Crippen LogP contribution in [0.5, 0.6) is 0 Å². The molecule has 0 heterocycles. The number of carbonyl (C=O) groups is 2. The number of aryl methyl sites for hydroxylation is 1. The van der Waals surface area contributed by atoms with E-state index in [1.54, 1.807) is 25.1 Å². The summed E-state index contributed by atoms with van der Waals surface area (Å²) in [5.74, 6) is -1.18. The highest BCUT2D eigenvalue weighted by atomic mass is 35.5. The summed E-state index contributed by atoms with van der Waals surface area (Å²) in [6.45, 7) is 1.10. The monoisotopic (exact) mass is 444 g/mol. The predicted octanol–water partition coefficient (Wildman–Crippen LogP) is 3.35. The Labute approximate surface area is 173 Å². The van der Waals surface area contributed by atoms with Crippen LogP contribution in [0.1, 0.15) is 15.9 Å². The second-order valence-electron chi connectivity index (χ2n) is 5.88. The van der Waals surface area contributed by atoms with Gasteiger partial charge >= 0.3 is 5.97 Å². The van der Waals surface area contributed by atoms with Gasteiger partial charge < -0.3 is 10.1 Å². The quantitative estimate of drug-likeness (QED) is 0.689. The number of halogens is 2. The fourth-order valence-electron chi connectivity index (χ4n) is 2.43. The van der Waals surface area contributed by atoms with Crippen LogP contribution in [0, 0.1) is 6.92 Å². The summed E-state index contributed by atoms with van der Waals surface area (Å²) >= 11 is 12.0. The highest BCUT2D eigenvalue weighted by Crippen LogP contribution is 2.29. The maximum atomic E-state index is 12.8. The van der Waals surface area contributed by atoms with Crippen LogP contribution in [0.15, 0.2) is 41.3 Å². The van der Waals surface area contributed by atoms with Crippen LogP contribution in [-0.2, 0) is 19.6 Å². The largest absolute Gasteiger partial charge is 0.465 e. The van der Waals surface area contributed by atoms with E-state index in [9.17, 15) is 18.0 Å². The summed E-state index contributed by atoms with van der Waals surface area (Å²) < 4.78 is 31.1. The fraction of sp³-hybridized carbons (Fsp3) is 0.222. The third-order valence-corrected chi connectivity index (χ3v) is 6.47. The van der Waals surface area contributed by atoms with Gasteiger partial charge in [-0.05, 0) is 42.8 Å². The van der Waals surface area contributed by atoms with Crippen LogP contribution < -0.4 is 5.32 Å². The van der Waals surface area contributed by atoms with Crippen LogP contribution >= 0.6 is 23.2 Å².